The van der Waals surface area contributed by atoms with Crippen LogP contribution in [0.3, 0.4) is 0 Å². The van der Waals surface area contributed by atoms with Gasteiger partial charge in [0.25, 0.3) is 0 Å². The highest BCUT2D eigenvalue weighted by molar-refractivity contribution is 6.32. The second kappa shape index (κ2) is 6.83. The number of hydrogen-bond acceptors (Lipinski definition) is 3. The van der Waals surface area contributed by atoms with Gasteiger partial charge in [-0.15, -0.1) is 0 Å². The number of rotatable bonds is 7. The molecule has 3 nitrogen and oxygen atoms in total. The van der Waals surface area contributed by atoms with Crippen LogP contribution in [0.4, 0.5) is 0 Å². The van der Waals surface area contributed by atoms with Crippen LogP contribution in [0.5, 0.6) is 11.5 Å². The van der Waals surface area contributed by atoms with Crippen molar-refractivity contribution in [2.75, 3.05) is 20.3 Å². The molecule has 0 atom stereocenters. The summed E-state index contributed by atoms with van der Waals surface area (Å²) in [5.74, 6) is 1.28. The summed E-state index contributed by atoms with van der Waals surface area (Å²) in [5, 5.41) is 4.00. The standard InChI is InChI=1S/C15H20ClNO2/c1-3-19-14-10-11(9-13(16)15(14)18-2)5-4-8-17-12-6-7-12/h4-5,9-10,12,17H,3,6-8H2,1-2H3. The first-order chi connectivity index (χ1) is 9.24. The summed E-state index contributed by atoms with van der Waals surface area (Å²) < 4.78 is 10.8. The van der Waals surface area contributed by atoms with Crippen molar-refractivity contribution >= 4 is 17.7 Å². The van der Waals surface area contributed by atoms with Crippen molar-refractivity contribution in [3.8, 4) is 11.5 Å². The number of halogens is 1. The molecule has 4 heteroatoms. The number of hydrogen-bond donors (Lipinski definition) is 1. The Hall–Kier alpha value is -1.19. The van der Waals surface area contributed by atoms with Gasteiger partial charge in [-0.25, -0.2) is 0 Å². The molecule has 0 saturated heterocycles. The first-order valence-corrected chi connectivity index (χ1v) is 7.02. The fraction of sp³-hybridized carbons (Fsp3) is 0.467. The van der Waals surface area contributed by atoms with Crippen LogP contribution in [-0.2, 0) is 0 Å². The van der Waals surface area contributed by atoms with Gasteiger partial charge in [-0.2, -0.15) is 0 Å². The lowest BCUT2D eigenvalue weighted by atomic mass is 10.2. The number of benzene rings is 1. The molecular weight excluding hydrogens is 262 g/mol. The molecule has 0 aliphatic heterocycles. The maximum absolute atomic E-state index is 6.19. The van der Waals surface area contributed by atoms with E-state index in [-0.39, 0.29) is 0 Å². The van der Waals surface area contributed by atoms with Gasteiger partial charge in [0.15, 0.2) is 11.5 Å². The molecule has 0 bridgehead atoms. The van der Waals surface area contributed by atoms with Crippen LogP contribution in [0.15, 0.2) is 18.2 Å². The molecule has 0 aromatic heterocycles. The molecule has 1 saturated carbocycles. The highest BCUT2D eigenvalue weighted by atomic mass is 35.5. The number of methoxy groups -OCH3 is 1. The summed E-state index contributed by atoms with van der Waals surface area (Å²) in [5.41, 5.74) is 1.02. The Morgan fingerprint density at radius 3 is 2.84 bits per heavy atom. The smallest absolute Gasteiger partial charge is 0.179 e. The maximum Gasteiger partial charge on any atom is 0.179 e. The molecule has 0 heterocycles. The van der Waals surface area contributed by atoms with E-state index in [4.69, 9.17) is 21.1 Å². The van der Waals surface area contributed by atoms with E-state index in [9.17, 15) is 0 Å². The van der Waals surface area contributed by atoms with Crippen LogP contribution in [0.25, 0.3) is 6.08 Å². The van der Waals surface area contributed by atoms with E-state index >= 15 is 0 Å². The van der Waals surface area contributed by atoms with E-state index in [1.165, 1.54) is 12.8 Å². The Labute approximate surface area is 119 Å². The quantitative estimate of drug-likeness (QED) is 0.830. The minimum atomic E-state index is 0.572. The fourth-order valence-electron chi connectivity index (χ4n) is 1.86. The van der Waals surface area contributed by atoms with Crippen LogP contribution in [-0.4, -0.2) is 26.3 Å². The van der Waals surface area contributed by atoms with Gasteiger partial charge in [0.1, 0.15) is 0 Å². The summed E-state index contributed by atoms with van der Waals surface area (Å²) in [4.78, 5) is 0. The van der Waals surface area contributed by atoms with E-state index in [1.807, 2.05) is 25.1 Å². The molecule has 0 spiro atoms. The molecule has 0 radical (unpaired) electrons. The Balaban J connectivity index is 2.06. The van der Waals surface area contributed by atoms with E-state index in [0.717, 1.165) is 18.2 Å². The SMILES string of the molecule is CCOc1cc(C=CCNC2CC2)cc(Cl)c1OC. The summed E-state index contributed by atoms with van der Waals surface area (Å²) >= 11 is 6.19. The van der Waals surface area contributed by atoms with E-state index in [2.05, 4.69) is 11.4 Å². The fourth-order valence-corrected chi connectivity index (χ4v) is 2.16. The van der Waals surface area contributed by atoms with E-state index < -0.39 is 0 Å². The predicted molar refractivity (Wildman–Crippen MR) is 79.2 cm³/mol. The molecule has 0 amide bonds. The van der Waals surface area contributed by atoms with Gasteiger partial charge >= 0.3 is 0 Å². The van der Waals surface area contributed by atoms with Crippen molar-refractivity contribution in [3.05, 3.63) is 28.8 Å². The van der Waals surface area contributed by atoms with Gasteiger partial charge < -0.3 is 14.8 Å². The van der Waals surface area contributed by atoms with Crippen LogP contribution in [0, 0.1) is 0 Å². The Morgan fingerprint density at radius 1 is 1.42 bits per heavy atom. The number of nitrogens with one attached hydrogen (secondary N) is 1. The molecule has 1 fully saturated rings. The van der Waals surface area contributed by atoms with Crippen molar-refractivity contribution in [2.24, 2.45) is 0 Å². The highest BCUT2D eigenvalue weighted by Gasteiger charge is 2.19. The summed E-state index contributed by atoms with van der Waals surface area (Å²) in [6.07, 6.45) is 6.75. The lowest BCUT2D eigenvalue weighted by molar-refractivity contribution is 0.311. The monoisotopic (exact) mass is 281 g/mol. The summed E-state index contributed by atoms with van der Waals surface area (Å²) in [6, 6.07) is 4.56. The van der Waals surface area contributed by atoms with Crippen LogP contribution < -0.4 is 14.8 Å². The average molecular weight is 282 g/mol. The molecule has 104 valence electrons. The first kappa shape index (κ1) is 14.2. The van der Waals surface area contributed by atoms with Crippen molar-refractivity contribution in [1.29, 1.82) is 0 Å². The Kier molecular flexibility index (Phi) is 5.11. The van der Waals surface area contributed by atoms with Gasteiger partial charge in [-0.3, -0.25) is 0 Å². The molecule has 19 heavy (non-hydrogen) atoms. The zero-order valence-corrected chi connectivity index (χ0v) is 12.2. The zero-order chi connectivity index (χ0) is 13.7. The lowest BCUT2D eigenvalue weighted by Gasteiger charge is -2.11. The van der Waals surface area contributed by atoms with Gasteiger partial charge in [0.2, 0.25) is 0 Å². The van der Waals surface area contributed by atoms with Gasteiger partial charge in [0.05, 0.1) is 18.7 Å². The summed E-state index contributed by atoms with van der Waals surface area (Å²) in [7, 11) is 1.60. The maximum atomic E-state index is 6.19. The molecule has 0 unspecified atom stereocenters. The van der Waals surface area contributed by atoms with Crippen molar-refractivity contribution < 1.29 is 9.47 Å². The second-order valence-corrected chi connectivity index (χ2v) is 4.96. The van der Waals surface area contributed by atoms with Gasteiger partial charge in [0, 0.05) is 12.6 Å². The number of ether oxygens (including phenoxy) is 2. The molecule has 2 rings (SSSR count). The predicted octanol–water partition coefficient (Wildman–Crippen LogP) is 3.51. The van der Waals surface area contributed by atoms with Crippen LogP contribution in [0.2, 0.25) is 5.02 Å². The normalized spacial score (nSPS) is 14.9. The molecule has 1 aliphatic rings. The van der Waals surface area contributed by atoms with Gasteiger partial charge in [-0.1, -0.05) is 23.8 Å². The Bertz CT molecular complexity index is 456. The lowest BCUT2D eigenvalue weighted by Crippen LogP contribution is -2.15. The zero-order valence-electron chi connectivity index (χ0n) is 11.4. The van der Waals surface area contributed by atoms with Crippen molar-refractivity contribution in [3.63, 3.8) is 0 Å². The topological polar surface area (TPSA) is 30.5 Å². The third-order valence-electron chi connectivity index (χ3n) is 2.95. The van der Waals surface area contributed by atoms with E-state index in [0.29, 0.717) is 23.1 Å². The van der Waals surface area contributed by atoms with Crippen LogP contribution in [0.1, 0.15) is 25.3 Å². The molecule has 1 aliphatic carbocycles. The highest BCUT2D eigenvalue weighted by Crippen LogP contribution is 2.36. The molecule has 1 N–H and O–H groups in total. The molecule has 1 aromatic rings. The average Bonchev–Trinajstić information content (AvgIpc) is 3.19. The largest absolute Gasteiger partial charge is 0.491 e. The molecular formula is C15H20ClNO2. The van der Waals surface area contributed by atoms with Gasteiger partial charge in [-0.05, 0) is 37.5 Å². The minimum Gasteiger partial charge on any atom is -0.491 e. The second-order valence-electron chi connectivity index (χ2n) is 4.55. The third kappa shape index (κ3) is 4.15. The van der Waals surface area contributed by atoms with Crippen molar-refractivity contribution in [1.82, 2.24) is 5.32 Å². The van der Waals surface area contributed by atoms with E-state index in [1.54, 1.807) is 7.11 Å². The van der Waals surface area contributed by atoms with Crippen molar-refractivity contribution in [2.45, 2.75) is 25.8 Å². The third-order valence-corrected chi connectivity index (χ3v) is 3.23. The molecule has 1 aromatic carbocycles. The summed E-state index contributed by atoms with van der Waals surface area (Å²) in [6.45, 7) is 3.41. The Morgan fingerprint density at radius 2 is 2.21 bits per heavy atom. The first-order valence-electron chi connectivity index (χ1n) is 6.64. The minimum absolute atomic E-state index is 0.572. The van der Waals surface area contributed by atoms with Crippen LogP contribution >= 0.6 is 11.6 Å².